The molecule has 2 N–H and O–H groups in total. The summed E-state index contributed by atoms with van der Waals surface area (Å²) in [6, 6.07) is 7.71. The van der Waals surface area contributed by atoms with Gasteiger partial charge >= 0.3 is 5.97 Å². The van der Waals surface area contributed by atoms with Crippen molar-refractivity contribution in [3.63, 3.8) is 0 Å². The van der Waals surface area contributed by atoms with Crippen LogP contribution < -0.4 is 10.1 Å². The van der Waals surface area contributed by atoms with Crippen molar-refractivity contribution < 1.29 is 23.8 Å². The number of hydrogen-bond acceptors (Lipinski definition) is 7. The number of benzene rings is 1. The SMILES string of the molecule is COC(=O)COc1ccc(CC(C)NCC(O)c2nc(C)oc2C)cc1. The average molecular weight is 362 g/mol. The van der Waals surface area contributed by atoms with Crippen molar-refractivity contribution in [1.29, 1.82) is 0 Å². The van der Waals surface area contributed by atoms with Gasteiger partial charge < -0.3 is 24.3 Å². The van der Waals surface area contributed by atoms with Gasteiger partial charge in [0, 0.05) is 19.5 Å². The molecule has 0 saturated heterocycles. The zero-order chi connectivity index (χ0) is 19.1. The fraction of sp³-hybridized carbons (Fsp3) is 0.474. The van der Waals surface area contributed by atoms with Crippen LogP contribution in [0.5, 0.6) is 5.75 Å². The molecule has 0 aliphatic carbocycles. The van der Waals surface area contributed by atoms with Crippen molar-refractivity contribution in [3.8, 4) is 5.75 Å². The first-order chi connectivity index (χ1) is 12.4. The van der Waals surface area contributed by atoms with E-state index < -0.39 is 12.1 Å². The average Bonchev–Trinajstić information content (AvgIpc) is 2.97. The highest BCUT2D eigenvalue weighted by atomic mass is 16.6. The van der Waals surface area contributed by atoms with E-state index in [1.165, 1.54) is 7.11 Å². The maximum atomic E-state index is 11.1. The smallest absolute Gasteiger partial charge is 0.343 e. The summed E-state index contributed by atoms with van der Waals surface area (Å²) in [4.78, 5) is 15.3. The minimum Gasteiger partial charge on any atom is -0.482 e. The Labute approximate surface area is 153 Å². The second-order valence-corrected chi connectivity index (χ2v) is 6.21. The number of aryl methyl sites for hydroxylation is 2. The fourth-order valence-electron chi connectivity index (χ4n) is 2.61. The number of aliphatic hydroxyl groups excluding tert-OH is 1. The molecule has 2 atom stereocenters. The summed E-state index contributed by atoms with van der Waals surface area (Å²) in [5.41, 5.74) is 1.70. The standard InChI is InChI=1S/C19H26N2O5/c1-12(20-10-17(22)19-13(2)26-14(3)21-19)9-15-5-7-16(8-6-15)25-11-18(23)24-4/h5-8,12,17,20,22H,9-11H2,1-4H3. The second kappa shape index (κ2) is 9.35. The zero-order valence-electron chi connectivity index (χ0n) is 15.6. The molecule has 0 amide bonds. The highest BCUT2D eigenvalue weighted by Gasteiger charge is 2.17. The first kappa shape index (κ1) is 19.9. The minimum atomic E-state index is -0.705. The number of nitrogens with zero attached hydrogens (tertiary/aromatic N) is 1. The number of carbonyl (C=O) groups excluding carboxylic acids is 1. The fourth-order valence-corrected chi connectivity index (χ4v) is 2.61. The maximum absolute atomic E-state index is 11.1. The lowest BCUT2D eigenvalue weighted by molar-refractivity contribution is -0.142. The summed E-state index contributed by atoms with van der Waals surface area (Å²) >= 11 is 0. The Morgan fingerprint density at radius 2 is 2.00 bits per heavy atom. The van der Waals surface area contributed by atoms with E-state index in [9.17, 15) is 9.90 Å². The largest absolute Gasteiger partial charge is 0.482 e. The van der Waals surface area contributed by atoms with Gasteiger partial charge in [-0.1, -0.05) is 12.1 Å². The van der Waals surface area contributed by atoms with E-state index in [1.807, 2.05) is 24.3 Å². The molecule has 1 aromatic carbocycles. The minimum absolute atomic E-state index is 0.105. The van der Waals surface area contributed by atoms with E-state index in [2.05, 4.69) is 22.0 Å². The van der Waals surface area contributed by atoms with Crippen LogP contribution in [0, 0.1) is 13.8 Å². The van der Waals surface area contributed by atoms with Crippen molar-refractivity contribution in [2.45, 2.75) is 39.3 Å². The molecule has 0 bridgehead atoms. The van der Waals surface area contributed by atoms with Crippen molar-refractivity contribution in [3.05, 3.63) is 47.2 Å². The third-order valence-electron chi connectivity index (χ3n) is 3.96. The Hall–Kier alpha value is -2.38. The van der Waals surface area contributed by atoms with E-state index >= 15 is 0 Å². The van der Waals surface area contributed by atoms with Crippen molar-refractivity contribution in [1.82, 2.24) is 10.3 Å². The summed E-state index contributed by atoms with van der Waals surface area (Å²) in [7, 11) is 1.32. The number of oxazole rings is 1. The van der Waals surface area contributed by atoms with Gasteiger partial charge in [0.1, 0.15) is 23.3 Å². The molecule has 0 aliphatic heterocycles. The summed E-state index contributed by atoms with van der Waals surface area (Å²) in [6.07, 6.45) is 0.0879. The van der Waals surface area contributed by atoms with Crippen LogP contribution >= 0.6 is 0 Å². The summed E-state index contributed by atoms with van der Waals surface area (Å²) in [5, 5.41) is 13.6. The van der Waals surface area contributed by atoms with Crippen molar-refractivity contribution >= 4 is 5.97 Å². The third-order valence-corrected chi connectivity index (χ3v) is 3.96. The number of carbonyl (C=O) groups is 1. The lowest BCUT2D eigenvalue weighted by atomic mass is 10.1. The molecule has 0 radical (unpaired) electrons. The number of methoxy groups -OCH3 is 1. The van der Waals surface area contributed by atoms with E-state index in [0.29, 0.717) is 29.6 Å². The maximum Gasteiger partial charge on any atom is 0.343 e. The number of rotatable bonds is 9. The Kier molecular flexibility index (Phi) is 7.17. The Morgan fingerprint density at radius 3 is 2.58 bits per heavy atom. The normalized spacial score (nSPS) is 13.3. The molecule has 1 aromatic heterocycles. The number of nitrogens with one attached hydrogen (secondary N) is 1. The highest BCUT2D eigenvalue weighted by Crippen LogP contribution is 2.18. The highest BCUT2D eigenvalue weighted by molar-refractivity contribution is 5.70. The topological polar surface area (TPSA) is 93.8 Å². The second-order valence-electron chi connectivity index (χ2n) is 6.21. The lowest BCUT2D eigenvalue weighted by Gasteiger charge is -2.16. The lowest BCUT2D eigenvalue weighted by Crippen LogP contribution is -2.32. The van der Waals surface area contributed by atoms with Gasteiger partial charge in [-0.15, -0.1) is 0 Å². The van der Waals surface area contributed by atoms with E-state index in [0.717, 1.165) is 12.0 Å². The first-order valence-electron chi connectivity index (χ1n) is 8.53. The molecule has 0 saturated carbocycles. The van der Waals surface area contributed by atoms with Gasteiger partial charge in [-0.2, -0.15) is 0 Å². The Bertz CT molecular complexity index is 711. The van der Waals surface area contributed by atoms with Gasteiger partial charge in [0.15, 0.2) is 12.5 Å². The van der Waals surface area contributed by atoms with E-state index in [4.69, 9.17) is 9.15 Å². The molecule has 2 aromatic rings. The van der Waals surface area contributed by atoms with Crippen LogP contribution in [0.1, 0.15) is 35.9 Å². The van der Waals surface area contributed by atoms with Crippen LogP contribution in [0.4, 0.5) is 0 Å². The van der Waals surface area contributed by atoms with Gasteiger partial charge in [-0.3, -0.25) is 0 Å². The quantitative estimate of drug-likeness (QED) is 0.660. The number of aromatic nitrogens is 1. The summed E-state index contributed by atoms with van der Waals surface area (Å²) < 4.78 is 15.2. The molecule has 7 heteroatoms. The predicted molar refractivity (Wildman–Crippen MR) is 96.1 cm³/mol. The van der Waals surface area contributed by atoms with E-state index in [-0.39, 0.29) is 12.6 Å². The molecule has 142 valence electrons. The van der Waals surface area contributed by atoms with Crippen molar-refractivity contribution in [2.24, 2.45) is 0 Å². The Balaban J connectivity index is 1.79. The van der Waals surface area contributed by atoms with Gasteiger partial charge in [-0.25, -0.2) is 9.78 Å². The monoisotopic (exact) mass is 362 g/mol. The molecule has 0 spiro atoms. The molecule has 0 aliphatic rings. The van der Waals surface area contributed by atoms with Crippen LogP contribution in [0.15, 0.2) is 28.7 Å². The zero-order valence-corrected chi connectivity index (χ0v) is 15.6. The summed E-state index contributed by atoms with van der Waals surface area (Å²) in [6.45, 7) is 5.90. The van der Waals surface area contributed by atoms with Gasteiger partial charge in [0.05, 0.1) is 7.11 Å². The van der Waals surface area contributed by atoms with Gasteiger partial charge in [0.25, 0.3) is 0 Å². The molecule has 7 nitrogen and oxygen atoms in total. The molecule has 2 rings (SSSR count). The third kappa shape index (κ3) is 5.86. The van der Waals surface area contributed by atoms with Crippen LogP contribution in [-0.4, -0.2) is 42.4 Å². The molecular weight excluding hydrogens is 336 g/mol. The molecule has 26 heavy (non-hydrogen) atoms. The molecular formula is C19H26N2O5. The number of aliphatic hydroxyl groups is 1. The van der Waals surface area contributed by atoms with Gasteiger partial charge in [-0.05, 0) is 38.0 Å². The summed E-state index contributed by atoms with van der Waals surface area (Å²) in [5.74, 6) is 1.40. The van der Waals surface area contributed by atoms with Crippen LogP contribution in [-0.2, 0) is 16.0 Å². The predicted octanol–water partition coefficient (Wildman–Crippen LogP) is 2.10. The first-order valence-corrected chi connectivity index (χ1v) is 8.53. The van der Waals surface area contributed by atoms with E-state index in [1.54, 1.807) is 13.8 Å². The van der Waals surface area contributed by atoms with Crippen LogP contribution in [0.2, 0.25) is 0 Å². The Morgan fingerprint density at radius 1 is 1.31 bits per heavy atom. The van der Waals surface area contributed by atoms with Crippen molar-refractivity contribution in [2.75, 3.05) is 20.3 Å². The molecule has 1 heterocycles. The molecule has 0 fully saturated rings. The van der Waals surface area contributed by atoms with Gasteiger partial charge in [0.2, 0.25) is 0 Å². The van der Waals surface area contributed by atoms with Crippen LogP contribution in [0.3, 0.4) is 0 Å². The number of esters is 1. The molecule has 2 unspecified atom stereocenters. The number of ether oxygens (including phenoxy) is 2. The van der Waals surface area contributed by atoms with Crippen LogP contribution in [0.25, 0.3) is 0 Å². The number of hydrogen-bond donors (Lipinski definition) is 2.